The Morgan fingerprint density at radius 1 is 0.718 bits per heavy atom. The Balaban J connectivity index is -0.000000516. The van der Waals surface area contributed by atoms with Crippen LogP contribution in [0, 0.1) is 10.8 Å². The van der Waals surface area contributed by atoms with Gasteiger partial charge in [0, 0.05) is 13.1 Å². The van der Waals surface area contributed by atoms with Gasteiger partial charge in [-0.3, -0.25) is 30.0 Å². The molecule has 0 saturated carbocycles. The van der Waals surface area contributed by atoms with Crippen molar-refractivity contribution >= 4 is 35.8 Å². The van der Waals surface area contributed by atoms with E-state index in [1.807, 2.05) is 0 Å². The van der Waals surface area contributed by atoms with Crippen molar-refractivity contribution in [3.8, 4) is 0 Å². The van der Waals surface area contributed by atoms with Crippen molar-refractivity contribution in [2.75, 3.05) is 39.5 Å². The number of hydrogen-bond acceptors (Lipinski definition) is 13. The SMILES string of the molecule is N=C(N)NCCC[C@H](N)C(=O)OCCO.N=C(N)NCCC[C@H](N)C(=O)OCCO.N[C@@H](CC(=O)O)C(=O)O. The number of carbonyl (C=O) groups excluding carboxylic acids is 2. The fraction of sp³-hybridized carbons (Fsp3) is 0.700. The van der Waals surface area contributed by atoms with Gasteiger partial charge in [0.2, 0.25) is 0 Å². The molecule has 0 aliphatic carbocycles. The largest absolute Gasteiger partial charge is 0.481 e. The summed E-state index contributed by atoms with van der Waals surface area (Å²) in [6, 6.07) is -2.67. The van der Waals surface area contributed by atoms with E-state index in [0.717, 1.165) is 0 Å². The molecule has 0 amide bonds. The Bertz CT molecular complexity index is 699. The smallest absolute Gasteiger partial charge is 0.322 e. The van der Waals surface area contributed by atoms with Crippen molar-refractivity contribution < 1.29 is 49.1 Å². The van der Waals surface area contributed by atoms with Crippen LogP contribution in [0.4, 0.5) is 0 Å². The predicted molar refractivity (Wildman–Crippen MR) is 138 cm³/mol. The highest BCUT2D eigenvalue weighted by Gasteiger charge is 2.15. The molecule has 19 heteroatoms. The molecule has 19 nitrogen and oxygen atoms in total. The number of nitrogens with one attached hydrogen (secondary N) is 4. The van der Waals surface area contributed by atoms with Gasteiger partial charge >= 0.3 is 23.9 Å². The first-order valence-electron chi connectivity index (χ1n) is 11.6. The van der Waals surface area contributed by atoms with Gasteiger partial charge in [0.1, 0.15) is 31.3 Å². The lowest BCUT2D eigenvalue weighted by molar-refractivity contribution is -0.147. The summed E-state index contributed by atoms with van der Waals surface area (Å²) in [4.78, 5) is 41.8. The number of esters is 2. The van der Waals surface area contributed by atoms with Crippen molar-refractivity contribution in [1.29, 1.82) is 10.8 Å². The summed E-state index contributed by atoms with van der Waals surface area (Å²) in [5.41, 5.74) is 26.0. The Hall–Kier alpha value is -3.78. The summed E-state index contributed by atoms with van der Waals surface area (Å²) < 4.78 is 9.26. The number of carbonyl (C=O) groups is 4. The van der Waals surface area contributed by atoms with Crippen molar-refractivity contribution in [1.82, 2.24) is 10.6 Å². The van der Waals surface area contributed by atoms with Crippen molar-refractivity contribution in [2.24, 2.45) is 28.7 Å². The topological polar surface area (TPSA) is 370 Å². The highest BCUT2D eigenvalue weighted by molar-refractivity contribution is 5.80. The average Bonchev–Trinajstić information content (AvgIpc) is 2.85. The number of nitrogens with two attached hydrogens (primary N) is 5. The van der Waals surface area contributed by atoms with Gasteiger partial charge in [-0.25, -0.2) is 0 Å². The molecule has 0 saturated heterocycles. The van der Waals surface area contributed by atoms with Crippen LogP contribution < -0.4 is 39.3 Å². The van der Waals surface area contributed by atoms with E-state index < -0.39 is 48.4 Å². The Labute approximate surface area is 225 Å². The molecule has 0 aromatic heterocycles. The second-order valence-corrected chi connectivity index (χ2v) is 7.50. The minimum Gasteiger partial charge on any atom is -0.481 e. The number of guanidine groups is 2. The maximum absolute atomic E-state index is 11.1. The van der Waals surface area contributed by atoms with Gasteiger partial charge in [0.15, 0.2) is 11.9 Å². The normalized spacial score (nSPS) is 12.0. The molecular formula is C20H43N9O10. The lowest BCUT2D eigenvalue weighted by Gasteiger charge is -2.10. The minimum atomic E-state index is -1.29. The molecule has 39 heavy (non-hydrogen) atoms. The molecule has 0 aromatic rings. The first-order valence-corrected chi connectivity index (χ1v) is 11.6. The third-order valence-corrected chi connectivity index (χ3v) is 4.00. The number of aliphatic carboxylic acids is 2. The highest BCUT2D eigenvalue weighted by atomic mass is 16.5. The third-order valence-electron chi connectivity index (χ3n) is 4.00. The molecule has 0 fully saturated rings. The molecular weight excluding hydrogens is 526 g/mol. The van der Waals surface area contributed by atoms with Gasteiger partial charge in [-0.1, -0.05) is 0 Å². The molecule has 0 aliphatic rings. The van der Waals surface area contributed by atoms with Gasteiger partial charge in [-0.05, 0) is 25.7 Å². The third kappa shape index (κ3) is 30.3. The number of aliphatic hydroxyl groups is 2. The molecule has 0 rings (SSSR count). The molecule has 0 unspecified atom stereocenters. The lowest BCUT2D eigenvalue weighted by atomic mass is 10.2. The molecule has 0 aromatic carbocycles. The van der Waals surface area contributed by atoms with Crippen LogP contribution in [0.5, 0.6) is 0 Å². The van der Waals surface area contributed by atoms with E-state index >= 15 is 0 Å². The first-order chi connectivity index (χ1) is 18.2. The fourth-order valence-corrected chi connectivity index (χ4v) is 2.11. The van der Waals surface area contributed by atoms with Gasteiger partial charge < -0.3 is 69.2 Å². The fourth-order valence-electron chi connectivity index (χ4n) is 2.11. The van der Waals surface area contributed by atoms with Crippen LogP contribution >= 0.6 is 0 Å². The summed E-state index contributed by atoms with van der Waals surface area (Å²) in [6.07, 6.45) is 1.61. The van der Waals surface area contributed by atoms with Gasteiger partial charge in [-0.2, -0.15) is 0 Å². The maximum atomic E-state index is 11.1. The average molecular weight is 570 g/mol. The second-order valence-electron chi connectivity index (χ2n) is 7.50. The van der Waals surface area contributed by atoms with Crippen molar-refractivity contribution in [3.05, 3.63) is 0 Å². The number of hydrogen-bond donors (Lipinski definition) is 13. The number of ether oxygens (including phenoxy) is 2. The summed E-state index contributed by atoms with van der Waals surface area (Å²) in [7, 11) is 0. The Morgan fingerprint density at radius 3 is 1.31 bits per heavy atom. The van der Waals surface area contributed by atoms with Crippen LogP contribution in [0.3, 0.4) is 0 Å². The zero-order valence-electron chi connectivity index (χ0n) is 21.6. The maximum Gasteiger partial charge on any atom is 0.322 e. The van der Waals surface area contributed by atoms with Crippen LogP contribution in [0.1, 0.15) is 32.1 Å². The molecule has 3 atom stereocenters. The van der Waals surface area contributed by atoms with E-state index in [2.05, 4.69) is 20.1 Å². The molecule has 0 spiro atoms. The van der Waals surface area contributed by atoms with Gasteiger partial charge in [0.05, 0.1) is 19.6 Å². The quantitative estimate of drug-likeness (QED) is 0.0337. The lowest BCUT2D eigenvalue weighted by Crippen LogP contribution is -2.35. The number of rotatable bonds is 17. The predicted octanol–water partition coefficient (Wildman–Crippen LogP) is -4.90. The zero-order chi connectivity index (χ0) is 30.8. The number of aliphatic hydroxyl groups excluding tert-OH is 2. The summed E-state index contributed by atoms with van der Waals surface area (Å²) in [5.74, 6) is -3.75. The molecule has 18 N–H and O–H groups in total. The Morgan fingerprint density at radius 2 is 1.08 bits per heavy atom. The van der Waals surface area contributed by atoms with Crippen LogP contribution in [-0.2, 0) is 28.7 Å². The van der Waals surface area contributed by atoms with E-state index in [0.29, 0.717) is 38.8 Å². The van der Waals surface area contributed by atoms with E-state index in [1.165, 1.54) is 0 Å². The van der Waals surface area contributed by atoms with Crippen LogP contribution in [-0.4, -0.2) is 114 Å². The van der Waals surface area contributed by atoms with E-state index in [1.54, 1.807) is 0 Å². The molecule has 0 radical (unpaired) electrons. The van der Waals surface area contributed by atoms with Gasteiger partial charge in [0.25, 0.3) is 0 Å². The van der Waals surface area contributed by atoms with E-state index in [-0.39, 0.29) is 38.3 Å². The number of carboxylic acid groups (broad SMARTS) is 2. The number of carboxylic acids is 2. The molecule has 0 bridgehead atoms. The molecule has 228 valence electrons. The van der Waals surface area contributed by atoms with Crippen LogP contribution in [0.25, 0.3) is 0 Å². The first kappa shape index (κ1) is 39.7. The Kier molecular flexibility index (Phi) is 26.3. The highest BCUT2D eigenvalue weighted by Crippen LogP contribution is 1.97. The minimum absolute atomic E-state index is 0.0295. The summed E-state index contributed by atoms with van der Waals surface area (Å²) in [5, 5.41) is 51.8. The van der Waals surface area contributed by atoms with Crippen LogP contribution in [0.2, 0.25) is 0 Å². The van der Waals surface area contributed by atoms with Crippen molar-refractivity contribution in [3.63, 3.8) is 0 Å². The van der Waals surface area contributed by atoms with Gasteiger partial charge in [-0.15, -0.1) is 0 Å². The molecule has 0 heterocycles. The van der Waals surface area contributed by atoms with Crippen LogP contribution in [0.15, 0.2) is 0 Å². The van der Waals surface area contributed by atoms with Crippen molar-refractivity contribution in [2.45, 2.75) is 50.2 Å². The summed E-state index contributed by atoms with van der Waals surface area (Å²) in [6.45, 7) is 0.526. The second kappa shape index (κ2) is 25.9. The van der Waals surface area contributed by atoms with E-state index in [9.17, 15) is 19.2 Å². The summed E-state index contributed by atoms with van der Waals surface area (Å²) >= 11 is 0. The van der Waals surface area contributed by atoms with E-state index in [4.69, 9.17) is 59.9 Å². The zero-order valence-corrected chi connectivity index (χ0v) is 21.6. The monoisotopic (exact) mass is 569 g/mol. The standard InChI is InChI=1S/2C8H18N4O3.C4H7NO4/c2*9-6(7(14)15-5-4-13)2-1-3-12-8(10)11;5-2(4(8)9)1-3(6)7/h2*6,13H,1-5,9H2,(H4,10,11,12);2H,1,5H2,(H,6,7)(H,8,9)/t2*6-;2-/m000/s1. The molecule has 0 aliphatic heterocycles.